The summed E-state index contributed by atoms with van der Waals surface area (Å²) in [7, 11) is 0. The quantitative estimate of drug-likeness (QED) is 0.845. The molecule has 3 rings (SSSR count). The molecule has 2 heterocycles. The molecule has 1 N–H and O–H groups in total. The highest BCUT2D eigenvalue weighted by molar-refractivity contribution is 5.92. The predicted molar refractivity (Wildman–Crippen MR) is 95.3 cm³/mol. The molecule has 1 aromatic heterocycles. The van der Waals surface area contributed by atoms with E-state index in [0.717, 1.165) is 31.3 Å². The van der Waals surface area contributed by atoms with Gasteiger partial charge in [0.25, 0.3) is 0 Å². The molecule has 2 amide bonds. The van der Waals surface area contributed by atoms with E-state index < -0.39 is 0 Å². The van der Waals surface area contributed by atoms with Crippen molar-refractivity contribution in [3.63, 3.8) is 0 Å². The van der Waals surface area contributed by atoms with E-state index in [2.05, 4.69) is 19.2 Å². The van der Waals surface area contributed by atoms with Gasteiger partial charge in [-0.15, -0.1) is 0 Å². The van der Waals surface area contributed by atoms with Gasteiger partial charge in [-0.2, -0.15) is 0 Å². The molecule has 5 heteroatoms. The largest absolute Gasteiger partial charge is 0.423 e. The van der Waals surface area contributed by atoms with Crippen LogP contribution < -0.4 is 10.9 Å². The zero-order valence-electron chi connectivity index (χ0n) is 14.2. The molecule has 0 spiro atoms. The normalized spacial score (nSPS) is 18.6. The molecule has 0 aliphatic carbocycles. The highest BCUT2D eigenvalue weighted by Crippen LogP contribution is 2.25. The van der Waals surface area contributed by atoms with E-state index in [1.54, 1.807) is 18.2 Å². The first-order valence-electron chi connectivity index (χ1n) is 8.63. The first kappa shape index (κ1) is 16.6. The molecule has 0 unspecified atom stereocenters. The van der Waals surface area contributed by atoms with Gasteiger partial charge in [-0.3, -0.25) is 0 Å². The average Bonchev–Trinajstić information content (AvgIpc) is 2.81. The van der Waals surface area contributed by atoms with Crippen LogP contribution in [-0.2, 0) is 0 Å². The molecule has 0 radical (unpaired) electrons. The standard InChI is InChI=1S/C19H24N2O3/c1-13(2)14-4-3-10-21(11-9-14)19(23)20-16-6-7-17-15(12-16)5-8-18(22)24-17/h5-8,12-14H,3-4,9-11H2,1-2H3,(H,20,23)/t14-/m1/s1. The molecule has 1 saturated heterocycles. The molecule has 0 saturated carbocycles. The minimum absolute atomic E-state index is 0.0591. The van der Waals surface area contributed by atoms with Crippen molar-refractivity contribution in [2.45, 2.75) is 33.1 Å². The Morgan fingerprint density at radius 1 is 1.21 bits per heavy atom. The molecule has 1 aliphatic heterocycles. The van der Waals surface area contributed by atoms with Crippen LogP contribution in [0.3, 0.4) is 0 Å². The highest BCUT2D eigenvalue weighted by Gasteiger charge is 2.22. The van der Waals surface area contributed by atoms with E-state index in [4.69, 9.17) is 4.42 Å². The molecule has 1 fully saturated rings. The zero-order chi connectivity index (χ0) is 17.1. The number of benzene rings is 1. The second-order valence-corrected chi connectivity index (χ2v) is 6.86. The Hall–Kier alpha value is -2.30. The Morgan fingerprint density at radius 2 is 2.04 bits per heavy atom. The lowest BCUT2D eigenvalue weighted by Crippen LogP contribution is -2.35. The minimum atomic E-state index is -0.372. The first-order chi connectivity index (χ1) is 11.5. The third kappa shape index (κ3) is 3.78. The van der Waals surface area contributed by atoms with Gasteiger partial charge >= 0.3 is 11.7 Å². The highest BCUT2D eigenvalue weighted by atomic mass is 16.4. The van der Waals surface area contributed by atoms with Gasteiger partial charge in [0.1, 0.15) is 5.58 Å². The van der Waals surface area contributed by atoms with Gasteiger partial charge in [0.15, 0.2) is 0 Å². The SMILES string of the molecule is CC(C)[C@@H]1CCCN(C(=O)Nc2ccc3oc(=O)ccc3c2)CC1. The number of likely N-dealkylation sites (tertiary alicyclic amines) is 1. The molecule has 5 nitrogen and oxygen atoms in total. The van der Waals surface area contributed by atoms with E-state index >= 15 is 0 Å². The van der Waals surface area contributed by atoms with E-state index in [1.165, 1.54) is 12.5 Å². The van der Waals surface area contributed by atoms with E-state index in [0.29, 0.717) is 23.1 Å². The zero-order valence-corrected chi connectivity index (χ0v) is 14.2. The maximum atomic E-state index is 12.5. The van der Waals surface area contributed by atoms with Crippen LogP contribution >= 0.6 is 0 Å². The van der Waals surface area contributed by atoms with E-state index in [-0.39, 0.29) is 11.7 Å². The molecule has 2 aromatic rings. The number of carbonyl (C=O) groups excluding carboxylic acids is 1. The molecule has 24 heavy (non-hydrogen) atoms. The number of rotatable bonds is 2. The van der Waals surface area contributed by atoms with Crippen LogP contribution in [0.2, 0.25) is 0 Å². The number of amides is 2. The monoisotopic (exact) mass is 328 g/mol. The van der Waals surface area contributed by atoms with Crippen molar-refractivity contribution in [2.24, 2.45) is 11.8 Å². The Bertz CT molecular complexity index is 782. The summed E-state index contributed by atoms with van der Waals surface area (Å²) in [5.74, 6) is 1.37. The fourth-order valence-corrected chi connectivity index (χ4v) is 3.34. The summed E-state index contributed by atoms with van der Waals surface area (Å²) in [5, 5.41) is 3.75. The Kier molecular flexibility index (Phi) is 4.88. The van der Waals surface area contributed by atoms with Gasteiger partial charge in [-0.1, -0.05) is 13.8 Å². The number of fused-ring (bicyclic) bond motifs is 1. The van der Waals surface area contributed by atoms with Crippen molar-refractivity contribution < 1.29 is 9.21 Å². The third-order valence-corrected chi connectivity index (χ3v) is 4.87. The number of carbonyl (C=O) groups is 1. The second-order valence-electron chi connectivity index (χ2n) is 6.86. The van der Waals surface area contributed by atoms with Crippen molar-refractivity contribution in [1.29, 1.82) is 0 Å². The molecule has 1 aliphatic rings. The van der Waals surface area contributed by atoms with Crippen LogP contribution in [0.4, 0.5) is 10.5 Å². The summed E-state index contributed by atoms with van der Waals surface area (Å²) in [6.45, 7) is 6.12. The van der Waals surface area contributed by atoms with Crippen LogP contribution in [0.1, 0.15) is 33.1 Å². The van der Waals surface area contributed by atoms with Crippen LogP contribution in [0.15, 0.2) is 39.5 Å². The third-order valence-electron chi connectivity index (χ3n) is 4.87. The number of anilines is 1. The summed E-state index contributed by atoms with van der Waals surface area (Å²) >= 11 is 0. The average molecular weight is 328 g/mol. The lowest BCUT2D eigenvalue weighted by molar-refractivity contribution is 0.212. The number of hydrogen-bond donors (Lipinski definition) is 1. The fraction of sp³-hybridized carbons (Fsp3) is 0.474. The van der Waals surface area contributed by atoms with Gasteiger partial charge in [0.2, 0.25) is 0 Å². The summed E-state index contributed by atoms with van der Waals surface area (Å²) in [5.41, 5.74) is 0.865. The van der Waals surface area contributed by atoms with Gasteiger partial charge in [-0.25, -0.2) is 9.59 Å². The maximum Gasteiger partial charge on any atom is 0.336 e. The van der Waals surface area contributed by atoms with Crippen molar-refractivity contribution in [3.05, 3.63) is 40.8 Å². The van der Waals surface area contributed by atoms with Crippen molar-refractivity contribution >= 4 is 22.7 Å². The molecule has 0 bridgehead atoms. The van der Waals surface area contributed by atoms with Gasteiger partial charge < -0.3 is 14.6 Å². The summed E-state index contributed by atoms with van der Waals surface area (Å²) in [4.78, 5) is 25.6. The summed E-state index contributed by atoms with van der Waals surface area (Å²) in [6.07, 6.45) is 3.31. The number of urea groups is 1. The van der Waals surface area contributed by atoms with Gasteiger partial charge in [-0.05, 0) is 55.4 Å². The summed E-state index contributed by atoms with van der Waals surface area (Å²) < 4.78 is 5.11. The lowest BCUT2D eigenvalue weighted by atomic mass is 9.89. The molecule has 1 atom stereocenters. The molecule has 128 valence electrons. The summed E-state index contributed by atoms with van der Waals surface area (Å²) in [6, 6.07) is 8.33. The Morgan fingerprint density at radius 3 is 2.83 bits per heavy atom. The first-order valence-corrected chi connectivity index (χ1v) is 8.63. The number of nitrogens with one attached hydrogen (secondary N) is 1. The number of hydrogen-bond acceptors (Lipinski definition) is 3. The van der Waals surface area contributed by atoms with Crippen LogP contribution in [-0.4, -0.2) is 24.0 Å². The van der Waals surface area contributed by atoms with Gasteiger partial charge in [0, 0.05) is 30.2 Å². The van der Waals surface area contributed by atoms with Crippen LogP contribution in [0, 0.1) is 11.8 Å². The lowest BCUT2D eigenvalue weighted by Gasteiger charge is -2.22. The second kappa shape index (κ2) is 7.07. The van der Waals surface area contributed by atoms with Crippen molar-refractivity contribution in [3.8, 4) is 0 Å². The Labute approximate surface area is 141 Å². The van der Waals surface area contributed by atoms with Crippen molar-refractivity contribution in [1.82, 2.24) is 4.90 Å². The van der Waals surface area contributed by atoms with Crippen molar-refractivity contribution in [2.75, 3.05) is 18.4 Å². The molecular formula is C19H24N2O3. The molecular weight excluding hydrogens is 304 g/mol. The smallest absolute Gasteiger partial charge is 0.336 e. The van der Waals surface area contributed by atoms with E-state index in [1.807, 2.05) is 11.0 Å². The minimum Gasteiger partial charge on any atom is -0.423 e. The van der Waals surface area contributed by atoms with Gasteiger partial charge in [0.05, 0.1) is 0 Å². The maximum absolute atomic E-state index is 12.5. The van der Waals surface area contributed by atoms with Crippen LogP contribution in [0.25, 0.3) is 11.0 Å². The molecule has 1 aromatic carbocycles. The fourth-order valence-electron chi connectivity index (χ4n) is 3.34. The number of nitrogens with zero attached hydrogens (tertiary/aromatic N) is 1. The van der Waals surface area contributed by atoms with Crippen LogP contribution in [0.5, 0.6) is 0 Å². The topological polar surface area (TPSA) is 62.6 Å². The Balaban J connectivity index is 1.68. The predicted octanol–water partition coefficient (Wildman–Crippen LogP) is 4.08. The van der Waals surface area contributed by atoms with E-state index in [9.17, 15) is 9.59 Å².